The Bertz CT molecular complexity index is 554. The van der Waals surface area contributed by atoms with Gasteiger partial charge in [0, 0.05) is 14.2 Å². The summed E-state index contributed by atoms with van der Waals surface area (Å²) in [6.07, 6.45) is 2.19. The topological polar surface area (TPSA) is 65.7 Å². The van der Waals surface area contributed by atoms with Gasteiger partial charge in [-0.15, -0.1) is 0 Å². The third-order valence-corrected chi connectivity index (χ3v) is 2.85. The number of hydrogen-bond donors (Lipinski definition) is 0. The Kier molecular flexibility index (Phi) is 3.88. The molecule has 0 N–H and O–H groups in total. The second-order valence-electron chi connectivity index (χ2n) is 3.75. The predicted molar refractivity (Wildman–Crippen MR) is 67.1 cm³/mol. The number of halogens is 1. The van der Waals surface area contributed by atoms with Gasteiger partial charge < -0.3 is 4.74 Å². The molecule has 96 valence electrons. The van der Waals surface area contributed by atoms with E-state index in [2.05, 4.69) is 20.1 Å². The highest BCUT2D eigenvalue weighted by Crippen LogP contribution is 2.26. The molecule has 2 heterocycles. The minimum Gasteiger partial charge on any atom is -0.377 e. The number of aromatic nitrogens is 5. The largest absolute Gasteiger partial charge is 0.377 e. The number of hydrogen-bond acceptors (Lipinski definition) is 5. The number of aryl methyl sites for hydroxylation is 2. The van der Waals surface area contributed by atoms with Gasteiger partial charge in [-0.05, 0) is 6.42 Å². The highest BCUT2D eigenvalue weighted by Gasteiger charge is 2.17. The zero-order chi connectivity index (χ0) is 13.1. The average Bonchev–Trinajstić information content (AvgIpc) is 2.70. The SMILES string of the molecule is CCc1ncnc(Cl)c1-c1nc(COC)n(C)n1. The molecule has 0 aliphatic heterocycles. The van der Waals surface area contributed by atoms with Crippen LogP contribution in [0.15, 0.2) is 6.33 Å². The third kappa shape index (κ3) is 2.34. The van der Waals surface area contributed by atoms with Crippen LogP contribution in [0.2, 0.25) is 5.15 Å². The van der Waals surface area contributed by atoms with E-state index in [0.29, 0.717) is 23.1 Å². The minimum absolute atomic E-state index is 0.372. The number of methoxy groups -OCH3 is 1. The maximum absolute atomic E-state index is 6.11. The summed E-state index contributed by atoms with van der Waals surface area (Å²) in [6.45, 7) is 2.40. The summed E-state index contributed by atoms with van der Waals surface area (Å²) in [5, 5.41) is 4.70. The van der Waals surface area contributed by atoms with Gasteiger partial charge in [-0.1, -0.05) is 18.5 Å². The van der Waals surface area contributed by atoms with Gasteiger partial charge in [0.15, 0.2) is 11.6 Å². The first kappa shape index (κ1) is 12.9. The van der Waals surface area contributed by atoms with Crippen molar-refractivity contribution in [3.8, 4) is 11.4 Å². The van der Waals surface area contributed by atoms with Crippen molar-refractivity contribution in [3.05, 3.63) is 23.0 Å². The van der Waals surface area contributed by atoms with Crippen molar-refractivity contribution >= 4 is 11.6 Å². The summed E-state index contributed by atoms with van der Waals surface area (Å²) in [4.78, 5) is 12.6. The van der Waals surface area contributed by atoms with Crippen molar-refractivity contribution in [1.29, 1.82) is 0 Å². The van der Waals surface area contributed by atoms with Gasteiger partial charge in [0.05, 0.1) is 11.3 Å². The lowest BCUT2D eigenvalue weighted by Gasteiger charge is -2.03. The third-order valence-electron chi connectivity index (χ3n) is 2.56. The fourth-order valence-corrected chi connectivity index (χ4v) is 1.90. The number of ether oxygens (including phenoxy) is 1. The van der Waals surface area contributed by atoms with Gasteiger partial charge in [-0.3, -0.25) is 4.68 Å². The molecule has 18 heavy (non-hydrogen) atoms. The number of rotatable bonds is 4. The Labute approximate surface area is 110 Å². The summed E-state index contributed by atoms with van der Waals surface area (Å²) in [7, 11) is 3.43. The zero-order valence-electron chi connectivity index (χ0n) is 10.5. The Morgan fingerprint density at radius 1 is 1.39 bits per heavy atom. The Morgan fingerprint density at radius 3 is 2.83 bits per heavy atom. The van der Waals surface area contributed by atoms with E-state index < -0.39 is 0 Å². The van der Waals surface area contributed by atoms with Crippen molar-refractivity contribution in [3.63, 3.8) is 0 Å². The van der Waals surface area contributed by atoms with Gasteiger partial charge >= 0.3 is 0 Å². The van der Waals surface area contributed by atoms with E-state index in [0.717, 1.165) is 17.9 Å². The second-order valence-corrected chi connectivity index (χ2v) is 4.11. The lowest BCUT2D eigenvalue weighted by molar-refractivity contribution is 0.174. The summed E-state index contributed by atoms with van der Waals surface area (Å²) in [5.74, 6) is 1.27. The molecule has 2 rings (SSSR count). The van der Waals surface area contributed by atoms with E-state index in [1.165, 1.54) is 6.33 Å². The molecule has 0 aliphatic carbocycles. The molecule has 7 heteroatoms. The molecule has 0 aliphatic rings. The van der Waals surface area contributed by atoms with Gasteiger partial charge in [0.1, 0.15) is 18.1 Å². The van der Waals surface area contributed by atoms with Gasteiger partial charge in [0.25, 0.3) is 0 Å². The molecule has 0 fully saturated rings. The zero-order valence-corrected chi connectivity index (χ0v) is 11.3. The first-order valence-corrected chi connectivity index (χ1v) is 5.93. The van der Waals surface area contributed by atoms with Crippen LogP contribution >= 0.6 is 11.6 Å². The van der Waals surface area contributed by atoms with E-state index in [9.17, 15) is 0 Å². The Hall–Kier alpha value is -1.53. The Balaban J connectivity index is 2.51. The van der Waals surface area contributed by atoms with E-state index in [1.807, 2.05) is 14.0 Å². The molecule has 0 saturated heterocycles. The van der Waals surface area contributed by atoms with Crippen LogP contribution in [0.4, 0.5) is 0 Å². The molecule has 6 nitrogen and oxygen atoms in total. The molecule has 0 unspecified atom stereocenters. The molecule has 0 aromatic carbocycles. The number of nitrogens with zero attached hydrogens (tertiary/aromatic N) is 5. The molecule has 0 radical (unpaired) electrons. The first-order valence-electron chi connectivity index (χ1n) is 5.56. The normalized spacial score (nSPS) is 10.9. The van der Waals surface area contributed by atoms with Crippen LogP contribution in [-0.4, -0.2) is 31.8 Å². The van der Waals surface area contributed by atoms with Crippen LogP contribution in [-0.2, 0) is 24.8 Å². The summed E-state index contributed by atoms with van der Waals surface area (Å²) in [5.41, 5.74) is 1.53. The highest BCUT2D eigenvalue weighted by atomic mass is 35.5. The van der Waals surface area contributed by atoms with E-state index in [-0.39, 0.29) is 0 Å². The fraction of sp³-hybridized carbons (Fsp3) is 0.455. The lowest BCUT2D eigenvalue weighted by atomic mass is 10.2. The summed E-state index contributed by atoms with van der Waals surface area (Å²) < 4.78 is 6.73. The van der Waals surface area contributed by atoms with Gasteiger partial charge in [-0.2, -0.15) is 5.10 Å². The van der Waals surface area contributed by atoms with Crippen molar-refractivity contribution in [2.75, 3.05) is 7.11 Å². The predicted octanol–water partition coefficient (Wildman–Crippen LogP) is 1.63. The summed E-state index contributed by atoms with van der Waals surface area (Å²) >= 11 is 6.11. The molecule has 0 bridgehead atoms. The smallest absolute Gasteiger partial charge is 0.186 e. The Morgan fingerprint density at radius 2 is 2.17 bits per heavy atom. The molecule has 2 aromatic heterocycles. The fourth-order valence-electron chi connectivity index (χ4n) is 1.66. The highest BCUT2D eigenvalue weighted by molar-refractivity contribution is 6.32. The van der Waals surface area contributed by atoms with E-state index >= 15 is 0 Å². The van der Waals surface area contributed by atoms with Crippen molar-refractivity contribution < 1.29 is 4.74 Å². The lowest BCUT2D eigenvalue weighted by Crippen LogP contribution is -2.00. The average molecular weight is 268 g/mol. The summed E-state index contributed by atoms with van der Waals surface area (Å²) in [6, 6.07) is 0. The van der Waals surface area contributed by atoms with Crippen molar-refractivity contribution in [1.82, 2.24) is 24.7 Å². The van der Waals surface area contributed by atoms with Crippen LogP contribution in [0.3, 0.4) is 0 Å². The molecular formula is C11H14ClN5O. The van der Waals surface area contributed by atoms with Crippen LogP contribution in [0.25, 0.3) is 11.4 Å². The first-order chi connectivity index (χ1) is 8.67. The van der Waals surface area contributed by atoms with E-state index in [1.54, 1.807) is 11.8 Å². The molecule has 0 saturated carbocycles. The monoisotopic (exact) mass is 267 g/mol. The van der Waals surface area contributed by atoms with E-state index in [4.69, 9.17) is 16.3 Å². The van der Waals surface area contributed by atoms with Crippen LogP contribution < -0.4 is 0 Å². The van der Waals surface area contributed by atoms with Crippen molar-refractivity contribution in [2.24, 2.45) is 7.05 Å². The van der Waals surface area contributed by atoms with Gasteiger partial charge in [0.2, 0.25) is 0 Å². The quantitative estimate of drug-likeness (QED) is 0.788. The van der Waals surface area contributed by atoms with Gasteiger partial charge in [-0.25, -0.2) is 15.0 Å². The molecule has 0 amide bonds. The van der Waals surface area contributed by atoms with Crippen molar-refractivity contribution in [2.45, 2.75) is 20.0 Å². The standard InChI is InChI=1S/C11H14ClN5O/c1-4-7-9(10(12)14-6-13-7)11-15-8(5-18-3)17(2)16-11/h6H,4-5H2,1-3H3. The molecule has 0 atom stereocenters. The molecule has 0 spiro atoms. The maximum atomic E-state index is 6.11. The van der Waals surface area contributed by atoms with Crippen LogP contribution in [0.5, 0.6) is 0 Å². The van der Waals surface area contributed by atoms with Crippen LogP contribution in [0.1, 0.15) is 18.4 Å². The minimum atomic E-state index is 0.372. The second kappa shape index (κ2) is 5.41. The molecule has 2 aromatic rings. The van der Waals surface area contributed by atoms with Crippen LogP contribution in [0, 0.1) is 0 Å². The molecular weight excluding hydrogens is 254 g/mol. The maximum Gasteiger partial charge on any atom is 0.186 e.